The highest BCUT2D eigenvalue weighted by Crippen LogP contribution is 2.18. The van der Waals surface area contributed by atoms with E-state index in [2.05, 4.69) is 48.4 Å². The van der Waals surface area contributed by atoms with Crippen LogP contribution in [0.5, 0.6) is 0 Å². The maximum atomic E-state index is 3.74. The molecule has 1 unspecified atom stereocenters. The van der Waals surface area contributed by atoms with Crippen molar-refractivity contribution in [3.05, 3.63) is 36.0 Å². The van der Waals surface area contributed by atoms with Gasteiger partial charge in [0, 0.05) is 29.7 Å². The molecule has 0 amide bonds. The van der Waals surface area contributed by atoms with Crippen LogP contribution in [0.4, 0.5) is 0 Å². The monoisotopic (exact) mass is 258 g/mol. The van der Waals surface area contributed by atoms with Crippen molar-refractivity contribution in [3.8, 4) is 0 Å². The summed E-state index contributed by atoms with van der Waals surface area (Å²) in [5.74, 6) is 0. The third-order valence-corrected chi connectivity index (χ3v) is 3.81. The zero-order chi connectivity index (χ0) is 13.5. The molecule has 0 aliphatic rings. The molecule has 0 saturated heterocycles. The Bertz CT molecular complexity index is 487. The summed E-state index contributed by atoms with van der Waals surface area (Å²) < 4.78 is 0. The topological polar surface area (TPSA) is 27.8 Å². The Morgan fingerprint density at radius 2 is 2.00 bits per heavy atom. The quantitative estimate of drug-likeness (QED) is 0.710. The van der Waals surface area contributed by atoms with E-state index in [1.807, 2.05) is 6.20 Å². The van der Waals surface area contributed by atoms with Gasteiger partial charge in [-0.25, -0.2) is 0 Å². The zero-order valence-corrected chi connectivity index (χ0v) is 12.2. The number of rotatable bonds is 8. The first-order valence-corrected chi connectivity index (χ1v) is 7.63. The summed E-state index contributed by atoms with van der Waals surface area (Å²) >= 11 is 0. The standard InChI is InChI=1S/C17H26N2/c1-3-5-9-15(7-4-2)19-13-14-8-6-10-17-16(14)11-12-18-17/h6,8,10-12,15,18-19H,3-5,7,9,13H2,1-2H3. The van der Waals surface area contributed by atoms with Crippen molar-refractivity contribution < 1.29 is 0 Å². The first-order chi connectivity index (χ1) is 9.35. The largest absolute Gasteiger partial charge is 0.361 e. The molecule has 0 aliphatic carbocycles. The van der Waals surface area contributed by atoms with Gasteiger partial charge in [0.15, 0.2) is 0 Å². The number of nitrogens with one attached hydrogen (secondary N) is 2. The first kappa shape index (κ1) is 14.1. The van der Waals surface area contributed by atoms with Crippen LogP contribution >= 0.6 is 0 Å². The van der Waals surface area contributed by atoms with Gasteiger partial charge in [-0.15, -0.1) is 0 Å². The molecule has 2 heteroatoms. The minimum absolute atomic E-state index is 0.666. The van der Waals surface area contributed by atoms with E-state index in [4.69, 9.17) is 0 Å². The van der Waals surface area contributed by atoms with E-state index in [1.54, 1.807) is 0 Å². The fourth-order valence-corrected chi connectivity index (χ4v) is 2.71. The summed E-state index contributed by atoms with van der Waals surface area (Å²) in [4.78, 5) is 3.28. The van der Waals surface area contributed by atoms with Crippen molar-refractivity contribution in [3.63, 3.8) is 0 Å². The number of aromatic amines is 1. The fraction of sp³-hybridized carbons (Fsp3) is 0.529. The van der Waals surface area contributed by atoms with Crippen molar-refractivity contribution in [2.45, 2.75) is 58.5 Å². The Morgan fingerprint density at radius 1 is 1.11 bits per heavy atom. The summed E-state index contributed by atoms with van der Waals surface area (Å²) in [6, 6.07) is 9.34. The van der Waals surface area contributed by atoms with E-state index in [0.717, 1.165) is 6.54 Å². The molecule has 0 aliphatic heterocycles. The van der Waals surface area contributed by atoms with Crippen LogP contribution in [0.1, 0.15) is 51.5 Å². The van der Waals surface area contributed by atoms with Gasteiger partial charge in [-0.2, -0.15) is 0 Å². The SMILES string of the molecule is CCCCC(CCC)NCc1cccc2[nH]ccc12. The molecular formula is C17H26N2. The highest BCUT2D eigenvalue weighted by atomic mass is 14.9. The van der Waals surface area contributed by atoms with Crippen LogP contribution in [0.25, 0.3) is 10.9 Å². The smallest absolute Gasteiger partial charge is 0.0457 e. The molecule has 1 aromatic heterocycles. The Balaban J connectivity index is 1.97. The zero-order valence-electron chi connectivity index (χ0n) is 12.2. The molecule has 0 saturated carbocycles. The van der Waals surface area contributed by atoms with Crippen LogP contribution in [0, 0.1) is 0 Å². The average Bonchev–Trinajstić information content (AvgIpc) is 2.90. The fourth-order valence-electron chi connectivity index (χ4n) is 2.71. The van der Waals surface area contributed by atoms with Gasteiger partial charge in [-0.1, -0.05) is 45.2 Å². The van der Waals surface area contributed by atoms with Gasteiger partial charge in [-0.3, -0.25) is 0 Å². The van der Waals surface area contributed by atoms with E-state index >= 15 is 0 Å². The summed E-state index contributed by atoms with van der Waals surface area (Å²) in [6.45, 7) is 5.51. The average molecular weight is 258 g/mol. The number of hydrogen-bond donors (Lipinski definition) is 2. The van der Waals surface area contributed by atoms with Gasteiger partial charge < -0.3 is 10.3 Å². The second-order valence-corrected chi connectivity index (χ2v) is 5.36. The molecule has 0 spiro atoms. The van der Waals surface area contributed by atoms with Gasteiger partial charge in [0.05, 0.1) is 0 Å². The van der Waals surface area contributed by atoms with E-state index in [1.165, 1.54) is 48.6 Å². The highest BCUT2D eigenvalue weighted by molar-refractivity contribution is 5.82. The second-order valence-electron chi connectivity index (χ2n) is 5.36. The van der Waals surface area contributed by atoms with Gasteiger partial charge in [-0.05, 0) is 30.5 Å². The lowest BCUT2D eigenvalue weighted by Gasteiger charge is -2.18. The summed E-state index contributed by atoms with van der Waals surface area (Å²) in [5, 5.41) is 5.09. The van der Waals surface area contributed by atoms with Crippen LogP contribution in [-0.4, -0.2) is 11.0 Å². The molecule has 1 aromatic carbocycles. The molecule has 1 atom stereocenters. The predicted molar refractivity (Wildman–Crippen MR) is 83.4 cm³/mol. The molecule has 19 heavy (non-hydrogen) atoms. The molecule has 104 valence electrons. The number of fused-ring (bicyclic) bond motifs is 1. The molecule has 0 radical (unpaired) electrons. The number of hydrogen-bond acceptors (Lipinski definition) is 1. The molecule has 2 rings (SSSR count). The molecule has 2 aromatic rings. The molecule has 2 N–H and O–H groups in total. The molecule has 0 bridgehead atoms. The third-order valence-electron chi connectivity index (χ3n) is 3.81. The number of H-pyrrole nitrogens is 1. The normalized spacial score (nSPS) is 12.9. The van der Waals surface area contributed by atoms with Crippen molar-refractivity contribution in [1.29, 1.82) is 0 Å². The summed E-state index contributed by atoms with van der Waals surface area (Å²) in [5.41, 5.74) is 2.64. The summed E-state index contributed by atoms with van der Waals surface area (Å²) in [7, 11) is 0. The molecule has 1 heterocycles. The van der Waals surface area contributed by atoms with Crippen LogP contribution < -0.4 is 5.32 Å². The molecule has 2 nitrogen and oxygen atoms in total. The Labute approximate surface area is 116 Å². The van der Waals surface area contributed by atoms with Gasteiger partial charge in [0.1, 0.15) is 0 Å². The van der Waals surface area contributed by atoms with Crippen molar-refractivity contribution >= 4 is 10.9 Å². The Kier molecular flexibility index (Phi) is 5.46. The maximum Gasteiger partial charge on any atom is 0.0457 e. The van der Waals surface area contributed by atoms with Crippen molar-refractivity contribution in [2.75, 3.05) is 0 Å². The second kappa shape index (κ2) is 7.34. The maximum absolute atomic E-state index is 3.74. The Hall–Kier alpha value is -1.28. The van der Waals surface area contributed by atoms with Crippen molar-refractivity contribution in [1.82, 2.24) is 10.3 Å². The minimum Gasteiger partial charge on any atom is -0.361 e. The van der Waals surface area contributed by atoms with E-state index in [9.17, 15) is 0 Å². The van der Waals surface area contributed by atoms with Crippen LogP contribution in [0.3, 0.4) is 0 Å². The predicted octanol–water partition coefficient (Wildman–Crippen LogP) is 4.62. The van der Waals surface area contributed by atoms with E-state index < -0.39 is 0 Å². The number of benzene rings is 1. The van der Waals surface area contributed by atoms with Crippen LogP contribution in [-0.2, 0) is 6.54 Å². The van der Waals surface area contributed by atoms with Crippen molar-refractivity contribution in [2.24, 2.45) is 0 Å². The van der Waals surface area contributed by atoms with Gasteiger partial charge in [0.25, 0.3) is 0 Å². The van der Waals surface area contributed by atoms with Gasteiger partial charge >= 0.3 is 0 Å². The lowest BCUT2D eigenvalue weighted by molar-refractivity contribution is 0.435. The van der Waals surface area contributed by atoms with Crippen LogP contribution in [0.2, 0.25) is 0 Å². The van der Waals surface area contributed by atoms with E-state index in [-0.39, 0.29) is 0 Å². The first-order valence-electron chi connectivity index (χ1n) is 7.63. The Morgan fingerprint density at radius 3 is 2.79 bits per heavy atom. The third kappa shape index (κ3) is 3.84. The molecule has 0 fully saturated rings. The lowest BCUT2D eigenvalue weighted by Crippen LogP contribution is -2.28. The summed E-state index contributed by atoms with van der Waals surface area (Å²) in [6.07, 6.45) is 8.47. The number of unbranched alkanes of at least 4 members (excludes halogenated alkanes) is 1. The highest BCUT2D eigenvalue weighted by Gasteiger charge is 2.08. The lowest BCUT2D eigenvalue weighted by atomic mass is 10.0. The van der Waals surface area contributed by atoms with E-state index in [0.29, 0.717) is 6.04 Å². The van der Waals surface area contributed by atoms with Gasteiger partial charge in [0.2, 0.25) is 0 Å². The van der Waals surface area contributed by atoms with Crippen LogP contribution in [0.15, 0.2) is 30.5 Å². The molecular weight excluding hydrogens is 232 g/mol. The minimum atomic E-state index is 0.666. The number of aromatic nitrogens is 1.